The molecule has 5 heteroatoms. The number of benzene rings is 2. The van der Waals surface area contributed by atoms with Crippen LogP contribution >= 0.6 is 0 Å². The SMILES string of the molecule is CCN(CCCNC(=O)c1cc(OC)ccc1OC)c1ccccc1. The summed E-state index contributed by atoms with van der Waals surface area (Å²) >= 11 is 0. The van der Waals surface area contributed by atoms with Gasteiger partial charge in [-0.15, -0.1) is 0 Å². The number of nitrogens with zero attached hydrogens (tertiary/aromatic N) is 1. The normalized spacial score (nSPS) is 10.2. The first-order chi connectivity index (χ1) is 12.2. The van der Waals surface area contributed by atoms with Gasteiger partial charge in [0.25, 0.3) is 5.91 Å². The zero-order valence-corrected chi connectivity index (χ0v) is 15.1. The minimum absolute atomic E-state index is 0.154. The van der Waals surface area contributed by atoms with E-state index in [0.29, 0.717) is 23.6 Å². The van der Waals surface area contributed by atoms with Crippen LogP contribution in [0.2, 0.25) is 0 Å². The van der Waals surface area contributed by atoms with Crippen LogP contribution in [-0.2, 0) is 0 Å². The van der Waals surface area contributed by atoms with Crippen LogP contribution in [0.5, 0.6) is 11.5 Å². The Morgan fingerprint density at radius 1 is 1.08 bits per heavy atom. The number of carbonyl (C=O) groups excluding carboxylic acids is 1. The Labute approximate surface area is 149 Å². The summed E-state index contributed by atoms with van der Waals surface area (Å²) < 4.78 is 10.4. The maximum atomic E-state index is 12.4. The molecule has 0 aliphatic heterocycles. The molecule has 0 bridgehead atoms. The molecule has 0 aliphatic rings. The molecule has 0 atom stereocenters. The second-order valence-corrected chi connectivity index (χ2v) is 5.59. The maximum absolute atomic E-state index is 12.4. The number of hydrogen-bond acceptors (Lipinski definition) is 4. The lowest BCUT2D eigenvalue weighted by molar-refractivity contribution is 0.0950. The van der Waals surface area contributed by atoms with Crippen LogP contribution in [-0.4, -0.2) is 39.8 Å². The molecule has 0 spiro atoms. The fourth-order valence-corrected chi connectivity index (χ4v) is 2.67. The molecular weight excluding hydrogens is 316 g/mol. The average Bonchev–Trinajstić information content (AvgIpc) is 2.68. The predicted octanol–water partition coefficient (Wildman–Crippen LogP) is 3.35. The third-order valence-corrected chi connectivity index (χ3v) is 4.04. The van der Waals surface area contributed by atoms with Crippen molar-refractivity contribution in [2.75, 3.05) is 38.8 Å². The third kappa shape index (κ3) is 5.14. The van der Waals surface area contributed by atoms with Crippen molar-refractivity contribution in [1.82, 2.24) is 5.32 Å². The van der Waals surface area contributed by atoms with E-state index in [4.69, 9.17) is 9.47 Å². The zero-order chi connectivity index (χ0) is 18.1. The van der Waals surface area contributed by atoms with Gasteiger partial charge in [0, 0.05) is 25.3 Å². The quantitative estimate of drug-likeness (QED) is 0.710. The number of methoxy groups -OCH3 is 2. The van der Waals surface area contributed by atoms with Gasteiger partial charge >= 0.3 is 0 Å². The first-order valence-electron chi connectivity index (χ1n) is 8.49. The Morgan fingerprint density at radius 3 is 2.48 bits per heavy atom. The lowest BCUT2D eigenvalue weighted by Crippen LogP contribution is -2.30. The van der Waals surface area contributed by atoms with Crippen LogP contribution in [0.4, 0.5) is 5.69 Å². The number of hydrogen-bond donors (Lipinski definition) is 1. The van der Waals surface area contributed by atoms with Crippen molar-refractivity contribution in [3.05, 3.63) is 54.1 Å². The summed E-state index contributed by atoms with van der Waals surface area (Å²) in [7, 11) is 3.13. The number of para-hydroxylation sites is 1. The van der Waals surface area contributed by atoms with E-state index in [1.54, 1.807) is 32.4 Å². The Bertz CT molecular complexity index is 674. The molecule has 0 fully saturated rings. The molecule has 0 unspecified atom stereocenters. The van der Waals surface area contributed by atoms with E-state index in [2.05, 4.69) is 29.3 Å². The highest BCUT2D eigenvalue weighted by atomic mass is 16.5. The number of anilines is 1. The molecule has 134 valence electrons. The monoisotopic (exact) mass is 342 g/mol. The molecule has 0 aliphatic carbocycles. The topological polar surface area (TPSA) is 50.8 Å². The smallest absolute Gasteiger partial charge is 0.255 e. The van der Waals surface area contributed by atoms with Gasteiger partial charge in [0.05, 0.1) is 19.8 Å². The van der Waals surface area contributed by atoms with Crippen molar-refractivity contribution in [2.24, 2.45) is 0 Å². The molecule has 2 aromatic rings. The second kappa shape index (κ2) is 9.57. The summed E-state index contributed by atoms with van der Waals surface area (Å²) in [5.41, 5.74) is 1.68. The Hall–Kier alpha value is -2.69. The molecule has 0 heterocycles. The van der Waals surface area contributed by atoms with Gasteiger partial charge in [-0.05, 0) is 43.7 Å². The van der Waals surface area contributed by atoms with E-state index in [1.165, 1.54) is 5.69 Å². The highest BCUT2D eigenvalue weighted by Crippen LogP contribution is 2.23. The van der Waals surface area contributed by atoms with Crippen molar-refractivity contribution in [3.63, 3.8) is 0 Å². The Balaban J connectivity index is 1.88. The minimum Gasteiger partial charge on any atom is -0.497 e. The van der Waals surface area contributed by atoms with Crippen molar-refractivity contribution >= 4 is 11.6 Å². The maximum Gasteiger partial charge on any atom is 0.255 e. The van der Waals surface area contributed by atoms with Gasteiger partial charge in [-0.2, -0.15) is 0 Å². The summed E-state index contributed by atoms with van der Waals surface area (Å²) in [6.45, 7) is 4.55. The van der Waals surface area contributed by atoms with Crippen LogP contribution in [0.15, 0.2) is 48.5 Å². The van der Waals surface area contributed by atoms with Crippen molar-refractivity contribution in [1.29, 1.82) is 0 Å². The van der Waals surface area contributed by atoms with Crippen molar-refractivity contribution in [3.8, 4) is 11.5 Å². The van der Waals surface area contributed by atoms with E-state index in [9.17, 15) is 4.79 Å². The van der Waals surface area contributed by atoms with E-state index >= 15 is 0 Å². The molecule has 0 radical (unpaired) electrons. The van der Waals surface area contributed by atoms with E-state index < -0.39 is 0 Å². The van der Waals surface area contributed by atoms with Crippen molar-refractivity contribution < 1.29 is 14.3 Å². The fourth-order valence-electron chi connectivity index (χ4n) is 2.67. The van der Waals surface area contributed by atoms with Gasteiger partial charge in [0.2, 0.25) is 0 Å². The molecule has 2 rings (SSSR count). The average molecular weight is 342 g/mol. The predicted molar refractivity (Wildman–Crippen MR) is 101 cm³/mol. The molecule has 0 saturated heterocycles. The van der Waals surface area contributed by atoms with Gasteiger partial charge in [0.1, 0.15) is 11.5 Å². The number of nitrogens with one attached hydrogen (secondary N) is 1. The van der Waals surface area contributed by atoms with Crippen molar-refractivity contribution in [2.45, 2.75) is 13.3 Å². The number of rotatable bonds is 9. The summed E-state index contributed by atoms with van der Waals surface area (Å²) in [6, 6.07) is 15.5. The van der Waals surface area contributed by atoms with Gasteiger partial charge in [0.15, 0.2) is 0 Å². The summed E-state index contributed by atoms with van der Waals surface area (Å²) in [6.07, 6.45) is 0.862. The zero-order valence-electron chi connectivity index (χ0n) is 15.1. The Morgan fingerprint density at radius 2 is 1.84 bits per heavy atom. The van der Waals surface area contributed by atoms with Gasteiger partial charge in [-0.3, -0.25) is 4.79 Å². The fraction of sp³-hybridized carbons (Fsp3) is 0.350. The first kappa shape index (κ1) is 18.6. The second-order valence-electron chi connectivity index (χ2n) is 5.59. The molecule has 5 nitrogen and oxygen atoms in total. The molecule has 0 saturated carbocycles. The first-order valence-corrected chi connectivity index (χ1v) is 8.49. The van der Waals surface area contributed by atoms with Gasteiger partial charge in [-0.25, -0.2) is 0 Å². The molecule has 0 aromatic heterocycles. The number of carbonyl (C=O) groups is 1. The van der Waals surface area contributed by atoms with E-state index in [1.807, 2.05) is 18.2 Å². The summed E-state index contributed by atoms with van der Waals surface area (Å²) in [5.74, 6) is 1.02. The highest BCUT2D eigenvalue weighted by molar-refractivity contribution is 5.97. The van der Waals surface area contributed by atoms with E-state index in [0.717, 1.165) is 19.5 Å². The van der Waals surface area contributed by atoms with Crippen LogP contribution in [0.25, 0.3) is 0 Å². The van der Waals surface area contributed by atoms with Crippen LogP contribution in [0, 0.1) is 0 Å². The minimum atomic E-state index is -0.154. The third-order valence-electron chi connectivity index (χ3n) is 4.04. The number of ether oxygens (including phenoxy) is 2. The Kier molecular flexibility index (Phi) is 7.14. The summed E-state index contributed by atoms with van der Waals surface area (Å²) in [4.78, 5) is 14.7. The lowest BCUT2D eigenvalue weighted by atomic mass is 10.1. The molecule has 1 N–H and O–H groups in total. The molecule has 25 heavy (non-hydrogen) atoms. The van der Waals surface area contributed by atoms with Crippen LogP contribution in [0.3, 0.4) is 0 Å². The van der Waals surface area contributed by atoms with Crippen LogP contribution < -0.4 is 19.7 Å². The summed E-state index contributed by atoms with van der Waals surface area (Å²) in [5, 5.41) is 2.95. The van der Waals surface area contributed by atoms with Gasteiger partial charge in [-0.1, -0.05) is 18.2 Å². The molecular formula is C20H26N2O3. The van der Waals surface area contributed by atoms with Gasteiger partial charge < -0.3 is 19.7 Å². The number of amides is 1. The van der Waals surface area contributed by atoms with E-state index in [-0.39, 0.29) is 5.91 Å². The molecule has 2 aromatic carbocycles. The standard InChI is InChI=1S/C20H26N2O3/c1-4-22(16-9-6-5-7-10-16)14-8-13-21-20(23)18-15-17(24-2)11-12-19(18)25-3/h5-7,9-12,15H,4,8,13-14H2,1-3H3,(H,21,23). The molecule has 1 amide bonds. The lowest BCUT2D eigenvalue weighted by Gasteiger charge is -2.23. The highest BCUT2D eigenvalue weighted by Gasteiger charge is 2.13. The van der Waals surface area contributed by atoms with Crippen LogP contribution in [0.1, 0.15) is 23.7 Å². The largest absolute Gasteiger partial charge is 0.497 e.